The highest BCUT2D eigenvalue weighted by Gasteiger charge is 2.26. The zero-order chi connectivity index (χ0) is 26.5. The minimum Gasteiger partial charge on any atom is -0.459 e. The Kier molecular flexibility index (Phi) is 8.82. The monoisotopic (exact) mass is 499 g/mol. The van der Waals surface area contributed by atoms with Crippen LogP contribution in [0.4, 0.5) is 10.5 Å². The summed E-state index contributed by atoms with van der Waals surface area (Å²) in [5.41, 5.74) is 2.14. The summed E-state index contributed by atoms with van der Waals surface area (Å²) in [5, 5.41) is 2.96. The predicted octanol–water partition coefficient (Wildman–Crippen LogP) is 4.53. The van der Waals surface area contributed by atoms with Crippen LogP contribution in [0, 0.1) is 5.92 Å². The number of hydrogen-bond acceptors (Lipinski definition) is 6. The van der Waals surface area contributed by atoms with Crippen LogP contribution in [0.1, 0.15) is 65.5 Å². The van der Waals surface area contributed by atoms with Crippen LogP contribution in [0.5, 0.6) is 0 Å². The van der Waals surface area contributed by atoms with E-state index in [1.165, 1.54) is 5.56 Å². The summed E-state index contributed by atoms with van der Waals surface area (Å²) in [4.78, 5) is 40.7. The second kappa shape index (κ2) is 11.5. The average molecular weight is 500 g/mol. The molecule has 3 rings (SSSR count). The maximum Gasteiger partial charge on any atom is 0.410 e. The molecule has 0 aliphatic carbocycles. The molecule has 0 bridgehead atoms. The summed E-state index contributed by atoms with van der Waals surface area (Å²) in [7, 11) is 0. The number of allylic oxidation sites excluding steroid dienone is 1. The van der Waals surface area contributed by atoms with Crippen molar-refractivity contribution in [1.29, 1.82) is 0 Å². The van der Waals surface area contributed by atoms with Crippen LogP contribution in [-0.4, -0.2) is 65.2 Å². The van der Waals surface area contributed by atoms with Crippen molar-refractivity contribution in [2.75, 3.05) is 31.5 Å². The standard InChI is InChI=1S/C28H41N3O5/c1-27(2,3)35-25(33)19-30-14-13-21-17-23(9-8-22(21)18-30)29-24(32)10-7-20-11-15-31(16-12-20)26(34)36-28(4,5)6/h7-10,17,20H,11-16,18-19H2,1-6H3,(H,29,32)/b10-7+. The molecule has 0 spiro atoms. The minimum atomic E-state index is -0.498. The zero-order valence-electron chi connectivity index (χ0n) is 22.6. The Hall–Kier alpha value is -2.87. The third-order valence-corrected chi connectivity index (χ3v) is 6.05. The Bertz CT molecular complexity index is 982. The molecule has 198 valence electrons. The van der Waals surface area contributed by atoms with Gasteiger partial charge in [-0.05, 0) is 96.1 Å². The van der Waals surface area contributed by atoms with E-state index >= 15 is 0 Å². The highest BCUT2D eigenvalue weighted by Crippen LogP contribution is 2.24. The van der Waals surface area contributed by atoms with Gasteiger partial charge in [-0.3, -0.25) is 14.5 Å². The van der Waals surface area contributed by atoms with E-state index in [0.29, 0.717) is 19.6 Å². The van der Waals surface area contributed by atoms with Gasteiger partial charge in [0.15, 0.2) is 0 Å². The maximum absolute atomic E-state index is 12.5. The average Bonchev–Trinajstić information content (AvgIpc) is 2.75. The van der Waals surface area contributed by atoms with Gasteiger partial charge in [0.2, 0.25) is 5.91 Å². The smallest absolute Gasteiger partial charge is 0.410 e. The quantitative estimate of drug-likeness (QED) is 0.473. The molecule has 2 heterocycles. The van der Waals surface area contributed by atoms with E-state index in [-0.39, 0.29) is 30.4 Å². The van der Waals surface area contributed by atoms with Gasteiger partial charge in [0.05, 0.1) is 6.54 Å². The SMILES string of the molecule is CC(C)(C)OC(=O)CN1CCc2cc(NC(=O)/C=C/C3CCN(C(=O)OC(C)(C)C)CC3)ccc2C1. The van der Waals surface area contributed by atoms with Crippen LogP contribution in [0.25, 0.3) is 0 Å². The molecule has 0 unspecified atom stereocenters. The van der Waals surface area contributed by atoms with Crippen LogP contribution in [0.3, 0.4) is 0 Å². The fourth-order valence-electron chi connectivity index (χ4n) is 4.39. The first-order valence-electron chi connectivity index (χ1n) is 12.8. The third kappa shape index (κ3) is 8.97. The molecule has 1 N–H and O–H groups in total. The van der Waals surface area contributed by atoms with Gasteiger partial charge in [-0.25, -0.2) is 4.79 Å². The van der Waals surface area contributed by atoms with Gasteiger partial charge in [-0.1, -0.05) is 12.1 Å². The van der Waals surface area contributed by atoms with Crippen LogP contribution >= 0.6 is 0 Å². The summed E-state index contributed by atoms with van der Waals surface area (Å²) in [6.45, 7) is 14.2. The summed E-state index contributed by atoms with van der Waals surface area (Å²) in [5.74, 6) is -0.113. The van der Waals surface area contributed by atoms with E-state index in [1.54, 1.807) is 11.0 Å². The van der Waals surface area contributed by atoms with Gasteiger partial charge in [0.25, 0.3) is 0 Å². The highest BCUT2D eigenvalue weighted by molar-refractivity contribution is 5.99. The van der Waals surface area contributed by atoms with Crippen molar-refractivity contribution in [1.82, 2.24) is 9.80 Å². The van der Waals surface area contributed by atoms with Gasteiger partial charge < -0.3 is 19.7 Å². The molecule has 8 heteroatoms. The normalized spacial score (nSPS) is 17.6. The summed E-state index contributed by atoms with van der Waals surface area (Å²) < 4.78 is 10.9. The molecule has 0 atom stereocenters. The van der Waals surface area contributed by atoms with Crippen molar-refractivity contribution >= 4 is 23.7 Å². The number of amides is 2. The lowest BCUT2D eigenvalue weighted by Gasteiger charge is -2.32. The van der Waals surface area contributed by atoms with Crippen molar-refractivity contribution in [2.24, 2.45) is 5.92 Å². The van der Waals surface area contributed by atoms with Crippen molar-refractivity contribution in [3.05, 3.63) is 41.5 Å². The first-order valence-corrected chi connectivity index (χ1v) is 12.8. The Morgan fingerprint density at radius 1 is 0.972 bits per heavy atom. The molecule has 0 saturated carbocycles. The lowest BCUT2D eigenvalue weighted by atomic mass is 9.96. The highest BCUT2D eigenvalue weighted by atomic mass is 16.6. The Balaban J connectivity index is 1.45. The number of piperidine rings is 1. The fourth-order valence-corrected chi connectivity index (χ4v) is 4.39. The van der Waals surface area contributed by atoms with Crippen LogP contribution in [-0.2, 0) is 32.0 Å². The van der Waals surface area contributed by atoms with Crippen molar-refractivity contribution < 1.29 is 23.9 Å². The topological polar surface area (TPSA) is 88.2 Å². The van der Waals surface area contributed by atoms with Crippen LogP contribution in [0.2, 0.25) is 0 Å². The molecule has 1 saturated heterocycles. The van der Waals surface area contributed by atoms with Crippen molar-refractivity contribution in [3.63, 3.8) is 0 Å². The van der Waals surface area contributed by atoms with E-state index in [9.17, 15) is 14.4 Å². The number of carbonyl (C=O) groups is 3. The minimum absolute atomic E-state index is 0.160. The van der Waals surface area contributed by atoms with Crippen molar-refractivity contribution in [3.8, 4) is 0 Å². The van der Waals surface area contributed by atoms with E-state index < -0.39 is 11.2 Å². The molecule has 8 nitrogen and oxygen atoms in total. The molecule has 1 fully saturated rings. The van der Waals surface area contributed by atoms with E-state index in [1.807, 2.05) is 65.8 Å². The summed E-state index contributed by atoms with van der Waals surface area (Å²) >= 11 is 0. The molecule has 1 aromatic rings. The van der Waals surface area contributed by atoms with Gasteiger partial charge in [-0.2, -0.15) is 0 Å². The van der Waals surface area contributed by atoms with Crippen molar-refractivity contribution in [2.45, 2.75) is 78.6 Å². The van der Waals surface area contributed by atoms with Crippen LogP contribution < -0.4 is 5.32 Å². The molecule has 36 heavy (non-hydrogen) atoms. The summed E-state index contributed by atoms with van der Waals surface area (Å²) in [6, 6.07) is 5.94. The van der Waals surface area contributed by atoms with E-state index in [2.05, 4.69) is 10.2 Å². The Morgan fingerprint density at radius 2 is 1.64 bits per heavy atom. The lowest BCUT2D eigenvalue weighted by Crippen LogP contribution is -2.41. The second-order valence-corrected chi connectivity index (χ2v) is 11.7. The Labute approximate surface area is 215 Å². The molecule has 1 aromatic carbocycles. The molecular weight excluding hydrogens is 458 g/mol. The van der Waals surface area contributed by atoms with Gasteiger partial charge in [-0.15, -0.1) is 0 Å². The molecule has 2 amide bonds. The number of carbonyl (C=O) groups excluding carboxylic acids is 3. The number of nitrogens with one attached hydrogen (secondary N) is 1. The molecule has 2 aliphatic heterocycles. The van der Waals surface area contributed by atoms with Crippen LogP contribution in [0.15, 0.2) is 30.4 Å². The van der Waals surface area contributed by atoms with Gasteiger partial charge in [0, 0.05) is 31.9 Å². The molecule has 2 aliphatic rings. The van der Waals surface area contributed by atoms with E-state index in [0.717, 1.165) is 37.1 Å². The second-order valence-electron chi connectivity index (χ2n) is 11.7. The van der Waals surface area contributed by atoms with Gasteiger partial charge >= 0.3 is 12.1 Å². The maximum atomic E-state index is 12.5. The first-order chi connectivity index (χ1) is 16.8. The van der Waals surface area contributed by atoms with Gasteiger partial charge in [0.1, 0.15) is 11.2 Å². The number of esters is 1. The lowest BCUT2D eigenvalue weighted by molar-refractivity contribution is -0.156. The summed E-state index contributed by atoms with van der Waals surface area (Å²) in [6.07, 6.45) is 5.69. The molecule has 0 radical (unpaired) electrons. The number of rotatable bonds is 5. The number of hydrogen-bond donors (Lipinski definition) is 1. The number of nitrogens with zero attached hydrogens (tertiary/aromatic N) is 2. The number of fused-ring (bicyclic) bond motifs is 1. The number of ether oxygens (including phenoxy) is 2. The largest absolute Gasteiger partial charge is 0.459 e. The van der Waals surface area contributed by atoms with E-state index in [4.69, 9.17) is 9.47 Å². The number of likely N-dealkylation sites (tertiary alicyclic amines) is 1. The third-order valence-electron chi connectivity index (χ3n) is 6.05. The number of benzene rings is 1. The predicted molar refractivity (Wildman–Crippen MR) is 140 cm³/mol. The Morgan fingerprint density at radius 3 is 2.28 bits per heavy atom. The first kappa shape index (κ1) is 27.7. The number of anilines is 1. The zero-order valence-corrected chi connectivity index (χ0v) is 22.6. The molecular formula is C28H41N3O5. The fraction of sp³-hybridized carbons (Fsp3) is 0.607. The molecule has 0 aromatic heterocycles.